The van der Waals surface area contributed by atoms with Crippen LogP contribution in [0.1, 0.15) is 20.8 Å². The van der Waals surface area contributed by atoms with Crippen LogP contribution in [0.5, 0.6) is 0 Å². The van der Waals surface area contributed by atoms with E-state index in [1.165, 1.54) is 11.8 Å². The maximum Gasteiger partial charge on any atom is 0.250 e. The van der Waals surface area contributed by atoms with Crippen molar-refractivity contribution in [3.63, 3.8) is 0 Å². The second-order valence-corrected chi connectivity index (χ2v) is 7.83. The smallest absolute Gasteiger partial charge is 0.250 e. The van der Waals surface area contributed by atoms with Gasteiger partial charge in [-0.05, 0) is 32.9 Å². The van der Waals surface area contributed by atoms with Crippen LogP contribution in [0.3, 0.4) is 0 Å². The predicted molar refractivity (Wildman–Crippen MR) is 102 cm³/mol. The molecule has 3 rings (SSSR count). The van der Waals surface area contributed by atoms with E-state index in [-0.39, 0.29) is 11.8 Å². The molecule has 2 heterocycles. The zero-order valence-corrected chi connectivity index (χ0v) is 15.8. The lowest BCUT2D eigenvalue weighted by atomic mass is 9.96. The van der Waals surface area contributed by atoms with E-state index >= 15 is 0 Å². The van der Waals surface area contributed by atoms with Gasteiger partial charge in [-0.15, -0.1) is 16.8 Å². The molecule has 1 atom stereocenters. The van der Waals surface area contributed by atoms with Crippen LogP contribution in [0.25, 0.3) is 0 Å². The summed E-state index contributed by atoms with van der Waals surface area (Å²) in [5.41, 5.74) is 0.342. The second-order valence-electron chi connectivity index (χ2n) is 6.52. The van der Waals surface area contributed by atoms with Crippen molar-refractivity contribution in [2.24, 2.45) is 0 Å². The van der Waals surface area contributed by atoms with Crippen LogP contribution in [-0.2, 0) is 16.1 Å². The van der Waals surface area contributed by atoms with Gasteiger partial charge in [0.2, 0.25) is 11.8 Å². The quantitative estimate of drug-likeness (QED) is 0.646. The number of anilines is 2. The average Bonchev–Trinajstić information content (AvgIpc) is 3.02. The first-order valence-corrected chi connectivity index (χ1v) is 9.14. The van der Waals surface area contributed by atoms with Crippen molar-refractivity contribution in [3.8, 4) is 0 Å². The van der Waals surface area contributed by atoms with Gasteiger partial charge in [-0.1, -0.05) is 30.0 Å². The van der Waals surface area contributed by atoms with Crippen molar-refractivity contribution >= 4 is 35.0 Å². The number of para-hydroxylation sites is 2. The van der Waals surface area contributed by atoms with Gasteiger partial charge in [-0.25, -0.2) is 0 Å². The van der Waals surface area contributed by atoms with Crippen LogP contribution in [0.15, 0.2) is 48.4 Å². The molecule has 0 radical (unpaired) electrons. The van der Waals surface area contributed by atoms with Crippen LogP contribution >= 0.6 is 11.8 Å². The Balaban J connectivity index is 1.91. The molecule has 1 aliphatic heterocycles. The third-order valence-corrected chi connectivity index (χ3v) is 5.35. The Morgan fingerprint density at radius 1 is 1.42 bits per heavy atom. The zero-order valence-electron chi connectivity index (χ0n) is 15.0. The fourth-order valence-electron chi connectivity index (χ4n) is 2.84. The van der Waals surface area contributed by atoms with Gasteiger partial charge in [0.1, 0.15) is 11.9 Å². The summed E-state index contributed by atoms with van der Waals surface area (Å²) >= 11 is 1.31. The monoisotopic (exact) mass is 371 g/mol. The number of aromatic nitrogens is 3. The normalized spacial score (nSPS) is 16.6. The van der Waals surface area contributed by atoms with E-state index in [1.54, 1.807) is 37.2 Å². The Labute approximate surface area is 156 Å². The van der Waals surface area contributed by atoms with Crippen molar-refractivity contribution in [1.82, 2.24) is 14.8 Å². The first kappa shape index (κ1) is 18.2. The lowest BCUT2D eigenvalue weighted by Crippen LogP contribution is -2.60. The van der Waals surface area contributed by atoms with E-state index in [4.69, 9.17) is 0 Å². The summed E-state index contributed by atoms with van der Waals surface area (Å²) in [5, 5.41) is 11.0. The largest absolute Gasteiger partial charge is 0.322 e. The minimum Gasteiger partial charge on any atom is -0.322 e. The van der Waals surface area contributed by atoms with Gasteiger partial charge in [-0.2, -0.15) is 0 Å². The number of nitrogens with zero attached hydrogens (tertiary/aromatic N) is 4. The zero-order chi connectivity index (χ0) is 18.9. The van der Waals surface area contributed by atoms with Crippen LogP contribution in [-0.4, -0.2) is 37.4 Å². The van der Waals surface area contributed by atoms with Crippen LogP contribution < -0.4 is 10.2 Å². The summed E-state index contributed by atoms with van der Waals surface area (Å²) < 4.78 is 1.82. The molecule has 136 valence electrons. The molecule has 2 amide bonds. The standard InChI is InChI=1S/C18H21N5O2S/c1-5-10-22-11-19-21-17(22)26-12(2)15(24)23-14-9-7-6-8-13(14)20-16(25)18(23,3)4/h5-9,11-12H,1,10H2,2-4H3,(H,20,25). The molecule has 0 aliphatic carbocycles. The number of allylic oxidation sites excluding steroid dienone is 1. The molecular formula is C18H21N5O2S. The van der Waals surface area contributed by atoms with E-state index in [1.807, 2.05) is 29.7 Å². The number of rotatable bonds is 5. The molecule has 0 spiro atoms. The predicted octanol–water partition coefficient (Wildman–Crippen LogP) is 2.71. The van der Waals surface area contributed by atoms with Crippen molar-refractivity contribution in [1.29, 1.82) is 0 Å². The topological polar surface area (TPSA) is 80.1 Å². The number of carbonyl (C=O) groups excluding carboxylic acids is 2. The van der Waals surface area contributed by atoms with Gasteiger partial charge in [-0.3, -0.25) is 14.5 Å². The van der Waals surface area contributed by atoms with E-state index in [9.17, 15) is 9.59 Å². The average molecular weight is 371 g/mol. The molecule has 1 aromatic heterocycles. The van der Waals surface area contributed by atoms with E-state index < -0.39 is 10.8 Å². The molecule has 1 aliphatic rings. The molecule has 7 nitrogen and oxygen atoms in total. The van der Waals surface area contributed by atoms with Gasteiger partial charge < -0.3 is 9.88 Å². The van der Waals surface area contributed by atoms with Crippen molar-refractivity contribution in [3.05, 3.63) is 43.2 Å². The van der Waals surface area contributed by atoms with Crippen LogP contribution in [0.4, 0.5) is 11.4 Å². The summed E-state index contributed by atoms with van der Waals surface area (Å²) in [7, 11) is 0. The highest BCUT2D eigenvalue weighted by molar-refractivity contribution is 8.00. The molecule has 1 aromatic carbocycles. The molecule has 1 unspecified atom stereocenters. The van der Waals surface area contributed by atoms with Gasteiger partial charge in [0.25, 0.3) is 0 Å². The van der Waals surface area contributed by atoms with E-state index in [2.05, 4.69) is 22.1 Å². The molecular weight excluding hydrogens is 350 g/mol. The Kier molecular flexibility index (Phi) is 4.86. The van der Waals surface area contributed by atoms with Crippen molar-refractivity contribution < 1.29 is 9.59 Å². The number of nitrogens with one attached hydrogen (secondary N) is 1. The maximum atomic E-state index is 13.3. The molecule has 0 bridgehead atoms. The van der Waals surface area contributed by atoms with Crippen LogP contribution in [0.2, 0.25) is 0 Å². The number of hydrogen-bond donors (Lipinski definition) is 1. The lowest BCUT2D eigenvalue weighted by molar-refractivity contribution is -0.126. The number of fused-ring (bicyclic) bond motifs is 1. The van der Waals surface area contributed by atoms with Gasteiger partial charge in [0.05, 0.1) is 16.6 Å². The highest BCUT2D eigenvalue weighted by Gasteiger charge is 2.44. The molecule has 0 fully saturated rings. The fourth-order valence-corrected chi connectivity index (χ4v) is 3.71. The molecule has 26 heavy (non-hydrogen) atoms. The summed E-state index contributed by atoms with van der Waals surface area (Å²) in [6.07, 6.45) is 3.35. The third kappa shape index (κ3) is 3.12. The summed E-state index contributed by atoms with van der Waals surface area (Å²) in [6, 6.07) is 7.31. The molecule has 1 N–H and O–H groups in total. The summed E-state index contributed by atoms with van der Waals surface area (Å²) in [5.74, 6) is -0.368. The highest BCUT2D eigenvalue weighted by atomic mass is 32.2. The Morgan fingerprint density at radius 2 is 2.15 bits per heavy atom. The Morgan fingerprint density at radius 3 is 2.88 bits per heavy atom. The highest BCUT2D eigenvalue weighted by Crippen LogP contribution is 2.38. The second kappa shape index (κ2) is 6.95. The number of thioether (sulfide) groups is 1. The molecule has 2 aromatic rings. The van der Waals surface area contributed by atoms with Crippen LogP contribution in [0, 0.1) is 0 Å². The van der Waals surface area contributed by atoms with Crippen molar-refractivity contribution in [2.45, 2.75) is 43.3 Å². The lowest BCUT2D eigenvalue weighted by Gasteiger charge is -2.43. The van der Waals surface area contributed by atoms with Gasteiger partial charge in [0.15, 0.2) is 5.16 Å². The number of carbonyl (C=O) groups is 2. The molecule has 0 saturated carbocycles. The maximum absolute atomic E-state index is 13.3. The Bertz CT molecular complexity index is 861. The minimum atomic E-state index is -0.991. The van der Waals surface area contributed by atoms with Gasteiger partial charge >= 0.3 is 0 Å². The SMILES string of the molecule is C=CCn1cnnc1SC(C)C(=O)N1c2ccccc2NC(=O)C1(C)C. The number of hydrogen-bond acceptors (Lipinski definition) is 5. The number of benzene rings is 1. The third-order valence-electron chi connectivity index (χ3n) is 4.26. The van der Waals surface area contributed by atoms with Crippen molar-refractivity contribution in [2.75, 3.05) is 10.2 Å². The molecule has 0 saturated heterocycles. The number of amides is 2. The van der Waals surface area contributed by atoms with Gasteiger partial charge in [0, 0.05) is 6.54 Å². The fraction of sp³-hybridized carbons (Fsp3) is 0.333. The summed E-state index contributed by atoms with van der Waals surface area (Å²) in [4.78, 5) is 27.4. The van der Waals surface area contributed by atoms with E-state index in [0.29, 0.717) is 23.1 Å². The first-order valence-electron chi connectivity index (χ1n) is 8.26. The molecule has 8 heteroatoms. The minimum absolute atomic E-state index is 0.157. The first-order chi connectivity index (χ1) is 12.4. The summed E-state index contributed by atoms with van der Waals surface area (Å²) in [6.45, 7) is 9.58. The van der Waals surface area contributed by atoms with E-state index in [0.717, 1.165) is 0 Å². The Hall–Kier alpha value is -2.61.